The average Bonchev–Trinajstić information content (AvgIpc) is 2.80. The predicted molar refractivity (Wildman–Crippen MR) is 133 cm³/mol. The second kappa shape index (κ2) is 10.6. The molecular formula is C24H27N3O6S2. The minimum absolute atomic E-state index is 0.0181. The van der Waals surface area contributed by atoms with Gasteiger partial charge in [-0.05, 0) is 68.4 Å². The number of anilines is 1. The van der Waals surface area contributed by atoms with Gasteiger partial charge in [0.05, 0.1) is 16.4 Å². The van der Waals surface area contributed by atoms with Crippen molar-refractivity contribution in [3.63, 3.8) is 0 Å². The Morgan fingerprint density at radius 3 is 2.11 bits per heavy atom. The van der Waals surface area contributed by atoms with E-state index in [1.807, 2.05) is 13.8 Å². The molecule has 3 aromatic rings. The number of aryl methyl sites for hydroxylation is 1. The Balaban J connectivity index is 1.85. The van der Waals surface area contributed by atoms with Crippen molar-refractivity contribution in [2.45, 2.75) is 30.2 Å². The van der Waals surface area contributed by atoms with E-state index in [0.29, 0.717) is 23.6 Å². The van der Waals surface area contributed by atoms with E-state index >= 15 is 0 Å². The van der Waals surface area contributed by atoms with Crippen LogP contribution < -0.4 is 15.2 Å². The largest absolute Gasteiger partial charge is 0.494 e. The van der Waals surface area contributed by atoms with Crippen LogP contribution >= 0.6 is 0 Å². The first-order valence-electron chi connectivity index (χ1n) is 10.6. The third-order valence-electron chi connectivity index (χ3n) is 5.19. The lowest BCUT2D eigenvalue weighted by molar-refractivity contribution is 0.102. The minimum Gasteiger partial charge on any atom is -0.494 e. The van der Waals surface area contributed by atoms with Crippen LogP contribution in [0, 0.1) is 6.92 Å². The topological polar surface area (TPSA) is 136 Å². The molecule has 0 aliphatic heterocycles. The quantitative estimate of drug-likeness (QED) is 0.448. The summed E-state index contributed by atoms with van der Waals surface area (Å²) >= 11 is 0. The molecule has 0 radical (unpaired) electrons. The number of nitrogens with two attached hydrogens (primary N) is 1. The summed E-state index contributed by atoms with van der Waals surface area (Å²) < 4.78 is 55.7. The molecule has 3 aromatic carbocycles. The van der Waals surface area contributed by atoms with Crippen molar-refractivity contribution in [3.8, 4) is 5.75 Å². The zero-order valence-electron chi connectivity index (χ0n) is 19.6. The molecule has 0 aliphatic carbocycles. The molecular weight excluding hydrogens is 490 g/mol. The maximum Gasteiger partial charge on any atom is 0.255 e. The van der Waals surface area contributed by atoms with Crippen molar-refractivity contribution >= 4 is 31.6 Å². The SMILES string of the molecule is CCOc1ccc(C(=O)Nc2ccc(S(N)(=O)=O)cc2)cc1CN(C)S(=O)(=O)c1ccc(C)cc1. The number of primary sulfonamides is 1. The number of carbonyl (C=O) groups is 1. The molecule has 0 atom stereocenters. The first-order chi connectivity index (χ1) is 16.4. The predicted octanol–water partition coefficient (Wildman–Crippen LogP) is 3.11. The fraction of sp³-hybridized carbons (Fsp3) is 0.208. The van der Waals surface area contributed by atoms with Gasteiger partial charge in [0.25, 0.3) is 5.91 Å². The highest BCUT2D eigenvalue weighted by molar-refractivity contribution is 7.89. The van der Waals surface area contributed by atoms with Gasteiger partial charge in [-0.1, -0.05) is 17.7 Å². The van der Waals surface area contributed by atoms with E-state index in [9.17, 15) is 21.6 Å². The molecule has 186 valence electrons. The maximum absolute atomic E-state index is 13.0. The fourth-order valence-electron chi connectivity index (χ4n) is 3.29. The molecule has 0 bridgehead atoms. The smallest absolute Gasteiger partial charge is 0.255 e. The zero-order chi connectivity index (χ0) is 25.8. The number of nitrogens with zero attached hydrogens (tertiary/aromatic N) is 1. The standard InChI is InChI=1S/C24H27N3O6S2/c1-4-33-23-14-7-18(24(28)26-20-8-12-21(13-9-20)34(25,29)30)15-19(23)16-27(3)35(31,32)22-10-5-17(2)6-11-22/h5-15H,4,16H2,1-3H3,(H,26,28)(H2,25,29,30). The van der Waals surface area contributed by atoms with Crippen LogP contribution in [0.25, 0.3) is 0 Å². The third kappa shape index (κ3) is 6.45. The number of ether oxygens (including phenoxy) is 1. The summed E-state index contributed by atoms with van der Waals surface area (Å²) in [6.07, 6.45) is 0. The van der Waals surface area contributed by atoms with Gasteiger partial charge in [0.15, 0.2) is 0 Å². The van der Waals surface area contributed by atoms with Crippen LogP contribution in [0.3, 0.4) is 0 Å². The van der Waals surface area contributed by atoms with Gasteiger partial charge in [-0.2, -0.15) is 4.31 Å². The van der Waals surface area contributed by atoms with Gasteiger partial charge in [0, 0.05) is 30.4 Å². The summed E-state index contributed by atoms with van der Waals surface area (Å²) in [4.78, 5) is 12.9. The van der Waals surface area contributed by atoms with Gasteiger partial charge < -0.3 is 10.1 Å². The molecule has 0 heterocycles. The van der Waals surface area contributed by atoms with Crippen LogP contribution in [0.4, 0.5) is 5.69 Å². The number of hydrogen-bond acceptors (Lipinski definition) is 6. The van der Waals surface area contributed by atoms with Crippen LogP contribution in [-0.2, 0) is 26.6 Å². The van der Waals surface area contributed by atoms with E-state index in [1.54, 1.807) is 42.5 Å². The van der Waals surface area contributed by atoms with Crippen LogP contribution in [0.15, 0.2) is 76.5 Å². The van der Waals surface area contributed by atoms with Gasteiger partial charge >= 0.3 is 0 Å². The number of sulfonamides is 2. The normalized spacial score (nSPS) is 11.9. The summed E-state index contributed by atoms with van der Waals surface area (Å²) in [5, 5.41) is 7.78. The molecule has 0 fully saturated rings. The van der Waals surface area contributed by atoms with Gasteiger partial charge in [-0.15, -0.1) is 0 Å². The minimum atomic E-state index is -3.84. The molecule has 0 saturated carbocycles. The molecule has 1 amide bonds. The molecule has 11 heteroatoms. The summed E-state index contributed by atoms with van der Waals surface area (Å²) in [7, 11) is -6.14. The monoisotopic (exact) mass is 517 g/mol. The number of carbonyl (C=O) groups excluding carboxylic acids is 1. The van der Waals surface area contributed by atoms with Crippen molar-refractivity contribution in [1.82, 2.24) is 4.31 Å². The zero-order valence-corrected chi connectivity index (χ0v) is 21.2. The van der Waals surface area contributed by atoms with Crippen LogP contribution in [-0.4, -0.2) is 40.7 Å². The van der Waals surface area contributed by atoms with Crippen LogP contribution in [0.5, 0.6) is 5.75 Å². The Morgan fingerprint density at radius 1 is 0.943 bits per heavy atom. The van der Waals surface area contributed by atoms with E-state index in [1.165, 1.54) is 35.6 Å². The van der Waals surface area contributed by atoms with E-state index in [0.717, 1.165) is 5.56 Å². The molecule has 3 N–H and O–H groups in total. The molecule has 0 aliphatic rings. The van der Waals surface area contributed by atoms with Crippen molar-refractivity contribution in [3.05, 3.63) is 83.4 Å². The van der Waals surface area contributed by atoms with Gasteiger partial charge in [0.2, 0.25) is 20.0 Å². The lowest BCUT2D eigenvalue weighted by Crippen LogP contribution is -2.27. The van der Waals surface area contributed by atoms with Crippen molar-refractivity contribution in [1.29, 1.82) is 0 Å². The van der Waals surface area contributed by atoms with Gasteiger partial charge in [-0.25, -0.2) is 22.0 Å². The summed E-state index contributed by atoms with van der Waals surface area (Å²) in [6.45, 7) is 4.03. The maximum atomic E-state index is 13.0. The molecule has 9 nitrogen and oxygen atoms in total. The lowest BCUT2D eigenvalue weighted by atomic mass is 10.1. The van der Waals surface area contributed by atoms with Gasteiger partial charge in [-0.3, -0.25) is 4.79 Å². The Bertz CT molecular complexity index is 1420. The van der Waals surface area contributed by atoms with E-state index in [2.05, 4.69) is 5.32 Å². The first kappa shape index (κ1) is 26.4. The number of amides is 1. The molecule has 0 unspecified atom stereocenters. The summed E-state index contributed by atoms with van der Waals surface area (Å²) in [6, 6.07) is 16.7. The van der Waals surface area contributed by atoms with E-state index in [4.69, 9.17) is 9.88 Å². The number of rotatable bonds is 9. The van der Waals surface area contributed by atoms with Crippen molar-refractivity contribution < 1.29 is 26.4 Å². The Kier molecular flexibility index (Phi) is 7.96. The lowest BCUT2D eigenvalue weighted by Gasteiger charge is -2.20. The van der Waals surface area contributed by atoms with Crippen molar-refractivity contribution in [2.75, 3.05) is 19.0 Å². The molecule has 35 heavy (non-hydrogen) atoms. The molecule has 3 rings (SSSR count). The second-order valence-electron chi connectivity index (χ2n) is 7.85. The fourth-order valence-corrected chi connectivity index (χ4v) is 4.95. The number of nitrogens with one attached hydrogen (secondary N) is 1. The second-order valence-corrected chi connectivity index (χ2v) is 11.5. The Morgan fingerprint density at radius 2 is 1.54 bits per heavy atom. The molecule has 0 spiro atoms. The summed E-state index contributed by atoms with van der Waals surface area (Å²) in [5.74, 6) is 0.00853. The highest BCUT2D eigenvalue weighted by Crippen LogP contribution is 2.25. The summed E-state index contributed by atoms with van der Waals surface area (Å²) in [5.41, 5.74) is 2.11. The van der Waals surface area contributed by atoms with Crippen molar-refractivity contribution in [2.24, 2.45) is 5.14 Å². The highest BCUT2D eigenvalue weighted by atomic mass is 32.2. The first-order valence-corrected chi connectivity index (χ1v) is 13.6. The molecule has 0 aromatic heterocycles. The highest BCUT2D eigenvalue weighted by Gasteiger charge is 2.23. The van der Waals surface area contributed by atoms with E-state index < -0.39 is 26.0 Å². The Hall–Kier alpha value is -3.25. The van der Waals surface area contributed by atoms with Crippen LogP contribution in [0.2, 0.25) is 0 Å². The van der Waals surface area contributed by atoms with Gasteiger partial charge in [0.1, 0.15) is 5.75 Å². The number of benzene rings is 3. The van der Waals surface area contributed by atoms with Crippen LogP contribution in [0.1, 0.15) is 28.4 Å². The molecule has 0 saturated heterocycles. The number of hydrogen-bond donors (Lipinski definition) is 2. The third-order valence-corrected chi connectivity index (χ3v) is 7.93. The average molecular weight is 518 g/mol. The van der Waals surface area contributed by atoms with E-state index in [-0.39, 0.29) is 21.9 Å². The Labute approximate surface area is 205 Å².